The number of nitrogens with one attached hydrogen (secondary N) is 2. The molecule has 0 radical (unpaired) electrons. The third kappa shape index (κ3) is 4.09. The van der Waals surface area contributed by atoms with Crippen LogP contribution in [0.2, 0.25) is 0 Å². The molecule has 4 heterocycles. The van der Waals surface area contributed by atoms with Crippen LogP contribution >= 0.6 is 0 Å². The summed E-state index contributed by atoms with van der Waals surface area (Å²) < 4.78 is 0. The molecule has 4 N–H and O–H groups in total. The molecule has 142 valence electrons. The predicted octanol–water partition coefficient (Wildman–Crippen LogP) is 0.693. The van der Waals surface area contributed by atoms with Gasteiger partial charge < -0.3 is 15.5 Å². The molecule has 26 heavy (non-hydrogen) atoms. The second-order valence-electron chi connectivity index (χ2n) is 8.12. The minimum Gasteiger partial charge on any atom is -0.337 e. The summed E-state index contributed by atoms with van der Waals surface area (Å²) in [4.78, 5) is 17.7. The Kier molecular flexibility index (Phi) is 5.55. The zero-order valence-corrected chi connectivity index (χ0v) is 15.4. The van der Waals surface area contributed by atoms with E-state index < -0.39 is 0 Å². The Balaban J connectivity index is 1.32. The molecule has 2 unspecified atom stereocenters. The van der Waals surface area contributed by atoms with Crippen LogP contribution in [-0.4, -0.2) is 60.1 Å². The van der Waals surface area contributed by atoms with Crippen molar-refractivity contribution in [1.82, 2.24) is 20.7 Å². The first-order valence-electron chi connectivity index (χ1n) is 10.0. The van der Waals surface area contributed by atoms with E-state index in [4.69, 9.17) is 5.73 Å². The Bertz CT molecular complexity index is 609. The molecule has 4 saturated heterocycles. The highest BCUT2D eigenvalue weighted by Crippen LogP contribution is 2.29. The van der Waals surface area contributed by atoms with E-state index in [9.17, 15) is 4.79 Å². The molecule has 0 spiro atoms. The Labute approximate surface area is 156 Å². The first kappa shape index (κ1) is 17.9. The molecule has 6 nitrogen and oxygen atoms in total. The number of nitrogens with zero attached hydrogens (tertiary/aromatic N) is 2. The molecule has 4 fully saturated rings. The summed E-state index contributed by atoms with van der Waals surface area (Å²) in [6.07, 6.45) is 5.25. The average Bonchev–Trinajstić information content (AvgIpc) is 2.90. The van der Waals surface area contributed by atoms with Gasteiger partial charge in [0.25, 0.3) is 0 Å². The molecule has 5 rings (SSSR count). The van der Waals surface area contributed by atoms with Gasteiger partial charge >= 0.3 is 0 Å². The van der Waals surface area contributed by atoms with Crippen LogP contribution in [-0.2, 0) is 11.2 Å². The van der Waals surface area contributed by atoms with Crippen LogP contribution in [0.3, 0.4) is 0 Å². The molecule has 0 aliphatic carbocycles. The van der Waals surface area contributed by atoms with Gasteiger partial charge in [0.05, 0.1) is 6.17 Å². The predicted molar refractivity (Wildman–Crippen MR) is 102 cm³/mol. The Morgan fingerprint density at radius 1 is 1.12 bits per heavy atom. The summed E-state index contributed by atoms with van der Waals surface area (Å²) in [6, 6.07) is 10.9. The van der Waals surface area contributed by atoms with E-state index in [1.165, 1.54) is 18.4 Å². The van der Waals surface area contributed by atoms with Crippen molar-refractivity contribution >= 4 is 5.91 Å². The van der Waals surface area contributed by atoms with Crippen LogP contribution in [0.5, 0.6) is 0 Å². The summed E-state index contributed by atoms with van der Waals surface area (Å²) in [6.45, 7) is 4.18. The maximum absolute atomic E-state index is 12.9. The number of aryl methyl sites for hydroxylation is 1. The minimum atomic E-state index is -0.170. The highest BCUT2D eigenvalue weighted by molar-refractivity contribution is 5.82. The van der Waals surface area contributed by atoms with Crippen molar-refractivity contribution < 1.29 is 4.79 Å². The van der Waals surface area contributed by atoms with E-state index in [0.717, 1.165) is 39.0 Å². The molecule has 2 bridgehead atoms. The van der Waals surface area contributed by atoms with Gasteiger partial charge in [-0.1, -0.05) is 30.3 Å². The van der Waals surface area contributed by atoms with E-state index in [-0.39, 0.29) is 18.1 Å². The van der Waals surface area contributed by atoms with Crippen LogP contribution in [0.15, 0.2) is 30.3 Å². The number of amides is 1. The zero-order valence-electron chi connectivity index (χ0n) is 15.4. The van der Waals surface area contributed by atoms with Gasteiger partial charge in [0.1, 0.15) is 6.04 Å². The van der Waals surface area contributed by atoms with E-state index in [2.05, 4.69) is 51.0 Å². The highest BCUT2D eigenvalue weighted by Gasteiger charge is 2.40. The number of piperidine rings is 1. The molecule has 0 aromatic heterocycles. The molecule has 4 aliphatic rings. The third-order valence-electron chi connectivity index (χ3n) is 6.09. The standard InChI is InChI=1S/C20H31N5O/c21-19-11-18(22-23-19)20(26)25-13-16-8-9-17(25)14-24(12-16)10-4-7-15-5-2-1-3-6-15/h1-3,5-6,16-19,22-23H,4,7-14,21H2/t16-,17+,18?,19?/m0/s1. The lowest BCUT2D eigenvalue weighted by molar-refractivity contribution is -0.137. The van der Waals surface area contributed by atoms with E-state index >= 15 is 0 Å². The van der Waals surface area contributed by atoms with Gasteiger partial charge in [-0.05, 0) is 43.7 Å². The normalized spacial score (nSPS) is 32.0. The number of rotatable bonds is 5. The molecule has 4 atom stereocenters. The first-order valence-corrected chi connectivity index (χ1v) is 10.0. The SMILES string of the molecule is NC1CC(C(=O)N2C[C@H]3CC[C@@H]2CN(CCCc2ccccc2)C3)NN1. The second-order valence-corrected chi connectivity index (χ2v) is 8.12. The number of hydrazine groups is 1. The topological polar surface area (TPSA) is 73.6 Å². The molecule has 1 aromatic carbocycles. The molecule has 1 amide bonds. The van der Waals surface area contributed by atoms with Crippen LogP contribution < -0.4 is 16.6 Å². The molecule has 4 aliphatic heterocycles. The number of fused-ring (bicyclic) bond motifs is 4. The van der Waals surface area contributed by atoms with Crippen molar-refractivity contribution in [2.75, 3.05) is 26.2 Å². The number of hydrogen-bond acceptors (Lipinski definition) is 5. The fourth-order valence-electron chi connectivity index (χ4n) is 4.73. The average molecular weight is 358 g/mol. The van der Waals surface area contributed by atoms with Crippen molar-refractivity contribution in [3.63, 3.8) is 0 Å². The second kappa shape index (κ2) is 8.05. The van der Waals surface area contributed by atoms with Gasteiger partial charge in [0, 0.05) is 32.1 Å². The van der Waals surface area contributed by atoms with Gasteiger partial charge in [0.2, 0.25) is 5.91 Å². The van der Waals surface area contributed by atoms with E-state index in [0.29, 0.717) is 18.4 Å². The summed E-state index contributed by atoms with van der Waals surface area (Å²) in [7, 11) is 0. The summed E-state index contributed by atoms with van der Waals surface area (Å²) in [5.74, 6) is 0.837. The van der Waals surface area contributed by atoms with Gasteiger partial charge in [-0.15, -0.1) is 0 Å². The molecule has 1 aromatic rings. The number of benzene rings is 1. The van der Waals surface area contributed by atoms with E-state index in [1.54, 1.807) is 0 Å². The largest absolute Gasteiger partial charge is 0.337 e. The Morgan fingerprint density at radius 3 is 2.73 bits per heavy atom. The number of carbonyl (C=O) groups is 1. The van der Waals surface area contributed by atoms with Crippen molar-refractivity contribution in [2.45, 2.75) is 50.4 Å². The Hall–Kier alpha value is -1.47. The van der Waals surface area contributed by atoms with Crippen LogP contribution in [0.4, 0.5) is 0 Å². The van der Waals surface area contributed by atoms with Crippen LogP contribution in [0.1, 0.15) is 31.2 Å². The summed E-state index contributed by atoms with van der Waals surface area (Å²) in [5.41, 5.74) is 13.3. The van der Waals surface area contributed by atoms with Crippen molar-refractivity contribution in [3.05, 3.63) is 35.9 Å². The fourth-order valence-corrected chi connectivity index (χ4v) is 4.73. The Morgan fingerprint density at radius 2 is 1.96 bits per heavy atom. The summed E-state index contributed by atoms with van der Waals surface area (Å²) >= 11 is 0. The van der Waals surface area contributed by atoms with Gasteiger partial charge in [-0.2, -0.15) is 0 Å². The maximum Gasteiger partial charge on any atom is 0.241 e. The molecule has 0 saturated carbocycles. The van der Waals surface area contributed by atoms with Crippen LogP contribution in [0.25, 0.3) is 0 Å². The molecular formula is C20H31N5O. The number of nitrogens with two attached hydrogens (primary N) is 1. The number of hydrogen-bond donors (Lipinski definition) is 3. The van der Waals surface area contributed by atoms with Crippen molar-refractivity contribution in [2.24, 2.45) is 11.7 Å². The first-order chi connectivity index (χ1) is 12.7. The minimum absolute atomic E-state index is 0.123. The van der Waals surface area contributed by atoms with Crippen molar-refractivity contribution in [3.8, 4) is 0 Å². The van der Waals surface area contributed by atoms with Gasteiger partial charge in [0.15, 0.2) is 0 Å². The fraction of sp³-hybridized carbons (Fsp3) is 0.650. The van der Waals surface area contributed by atoms with Crippen LogP contribution in [0, 0.1) is 5.92 Å². The maximum atomic E-state index is 12.9. The lowest BCUT2D eigenvalue weighted by atomic mass is 9.94. The van der Waals surface area contributed by atoms with Crippen molar-refractivity contribution in [1.29, 1.82) is 0 Å². The van der Waals surface area contributed by atoms with Gasteiger partial charge in [-0.3, -0.25) is 4.79 Å². The zero-order chi connectivity index (χ0) is 17.9. The third-order valence-corrected chi connectivity index (χ3v) is 6.09. The smallest absolute Gasteiger partial charge is 0.241 e. The lowest BCUT2D eigenvalue weighted by Gasteiger charge is -2.37. The highest BCUT2D eigenvalue weighted by atomic mass is 16.2. The molecular weight excluding hydrogens is 326 g/mol. The lowest BCUT2D eigenvalue weighted by Crippen LogP contribution is -2.53. The van der Waals surface area contributed by atoms with E-state index in [1.807, 2.05) is 0 Å². The summed E-state index contributed by atoms with van der Waals surface area (Å²) in [5, 5.41) is 0. The molecule has 6 heteroatoms. The monoisotopic (exact) mass is 357 g/mol. The number of carbonyl (C=O) groups excluding carboxylic acids is 1. The van der Waals surface area contributed by atoms with Gasteiger partial charge in [-0.25, -0.2) is 10.9 Å². The quantitative estimate of drug-likeness (QED) is 0.723.